The fourth-order valence-corrected chi connectivity index (χ4v) is 2.04. The molecule has 20 heavy (non-hydrogen) atoms. The van der Waals surface area contributed by atoms with E-state index in [1.54, 1.807) is 6.92 Å². The molecule has 7 heteroatoms. The van der Waals surface area contributed by atoms with Crippen molar-refractivity contribution in [3.8, 4) is 11.5 Å². The highest BCUT2D eigenvalue weighted by Crippen LogP contribution is 2.29. The molecular formula is C13H10BrF2NO3. The molecular weight excluding hydrogens is 336 g/mol. The minimum Gasteiger partial charge on any atom is -0.461 e. The molecule has 1 aromatic carbocycles. The van der Waals surface area contributed by atoms with Crippen molar-refractivity contribution in [1.82, 2.24) is 4.98 Å². The Morgan fingerprint density at radius 2 is 2.00 bits per heavy atom. The molecule has 2 aromatic rings. The zero-order chi connectivity index (χ0) is 14.9. The Bertz CT molecular complexity index is 647. The number of carbonyl (C=O) groups excluding carboxylic acids is 1. The van der Waals surface area contributed by atoms with E-state index in [9.17, 15) is 13.6 Å². The lowest BCUT2D eigenvalue weighted by atomic mass is 10.2. The van der Waals surface area contributed by atoms with Gasteiger partial charge >= 0.3 is 5.97 Å². The fraction of sp³-hybridized carbons (Fsp3) is 0.231. The van der Waals surface area contributed by atoms with Gasteiger partial charge in [-0.3, -0.25) is 0 Å². The highest BCUT2D eigenvalue weighted by molar-refractivity contribution is 9.10. The maximum Gasteiger partial charge on any atom is 0.360 e. The summed E-state index contributed by atoms with van der Waals surface area (Å²) in [5, 5.41) is 0. The fourth-order valence-electron chi connectivity index (χ4n) is 1.64. The van der Waals surface area contributed by atoms with E-state index < -0.39 is 23.2 Å². The topological polar surface area (TPSA) is 52.3 Å². The molecule has 0 atom stereocenters. The van der Waals surface area contributed by atoms with Crippen molar-refractivity contribution in [3.05, 3.63) is 39.7 Å². The molecule has 1 heterocycles. The molecule has 0 spiro atoms. The van der Waals surface area contributed by atoms with Crippen molar-refractivity contribution in [3.63, 3.8) is 0 Å². The second kappa shape index (κ2) is 5.70. The monoisotopic (exact) mass is 345 g/mol. The molecule has 4 nitrogen and oxygen atoms in total. The van der Waals surface area contributed by atoms with Crippen LogP contribution in [0, 0.1) is 18.6 Å². The Balaban J connectivity index is 2.50. The number of oxazole rings is 1. The molecule has 0 unspecified atom stereocenters. The van der Waals surface area contributed by atoms with Crippen molar-refractivity contribution in [2.24, 2.45) is 0 Å². The number of hydrogen-bond acceptors (Lipinski definition) is 4. The third-order valence-corrected chi connectivity index (χ3v) is 2.94. The van der Waals surface area contributed by atoms with Gasteiger partial charge in [-0.1, -0.05) is 15.9 Å². The molecule has 0 saturated heterocycles. The molecule has 0 aliphatic carbocycles. The van der Waals surface area contributed by atoms with E-state index in [-0.39, 0.29) is 28.4 Å². The molecule has 106 valence electrons. The van der Waals surface area contributed by atoms with Crippen molar-refractivity contribution >= 4 is 21.9 Å². The number of aromatic nitrogens is 1. The quantitative estimate of drug-likeness (QED) is 0.792. The van der Waals surface area contributed by atoms with E-state index in [0.717, 1.165) is 12.1 Å². The zero-order valence-corrected chi connectivity index (χ0v) is 12.3. The van der Waals surface area contributed by atoms with Gasteiger partial charge in [-0.2, -0.15) is 0 Å². The first kappa shape index (κ1) is 14.6. The SMILES string of the molecule is CCOC(=O)c1nc(-c2c(F)cc(Br)cc2F)oc1C. The van der Waals surface area contributed by atoms with E-state index in [2.05, 4.69) is 20.9 Å². The second-order valence-corrected chi connectivity index (χ2v) is 4.80. The number of benzene rings is 1. The summed E-state index contributed by atoms with van der Waals surface area (Å²) in [4.78, 5) is 15.4. The molecule has 0 amide bonds. The Kier molecular flexibility index (Phi) is 4.17. The van der Waals surface area contributed by atoms with Gasteiger partial charge in [0, 0.05) is 4.47 Å². The van der Waals surface area contributed by atoms with Crippen LogP contribution in [0.4, 0.5) is 8.78 Å². The summed E-state index contributed by atoms with van der Waals surface area (Å²) < 4.78 is 37.8. The van der Waals surface area contributed by atoms with Gasteiger partial charge in [-0.05, 0) is 26.0 Å². The minimum absolute atomic E-state index is 0.0939. The van der Waals surface area contributed by atoms with Gasteiger partial charge < -0.3 is 9.15 Å². The van der Waals surface area contributed by atoms with Crippen LogP contribution in [0.1, 0.15) is 23.2 Å². The highest BCUT2D eigenvalue weighted by Gasteiger charge is 2.23. The number of halogens is 3. The van der Waals surface area contributed by atoms with Crippen molar-refractivity contribution < 1.29 is 22.7 Å². The summed E-state index contributed by atoms with van der Waals surface area (Å²) in [7, 11) is 0. The number of rotatable bonds is 3. The zero-order valence-electron chi connectivity index (χ0n) is 10.7. The van der Waals surface area contributed by atoms with Crippen LogP contribution >= 0.6 is 15.9 Å². The van der Waals surface area contributed by atoms with Crippen LogP contribution in [0.5, 0.6) is 0 Å². The number of nitrogens with zero attached hydrogens (tertiary/aromatic N) is 1. The minimum atomic E-state index is -0.839. The van der Waals surface area contributed by atoms with Gasteiger partial charge in [0.25, 0.3) is 0 Å². The molecule has 0 fully saturated rings. The lowest BCUT2D eigenvalue weighted by Gasteiger charge is -2.01. The number of carbonyl (C=O) groups is 1. The molecule has 2 rings (SSSR count). The number of esters is 1. The van der Waals surface area contributed by atoms with Crippen LogP contribution < -0.4 is 0 Å². The molecule has 0 bridgehead atoms. The van der Waals surface area contributed by atoms with E-state index >= 15 is 0 Å². The average molecular weight is 346 g/mol. The second-order valence-electron chi connectivity index (χ2n) is 3.89. The Morgan fingerprint density at radius 1 is 1.40 bits per heavy atom. The first-order valence-corrected chi connectivity index (χ1v) is 6.52. The standard InChI is InChI=1S/C13H10BrF2NO3/c1-3-19-13(18)11-6(2)20-12(17-11)10-8(15)4-7(14)5-9(10)16/h4-5H,3H2,1-2H3. The predicted octanol–water partition coefficient (Wildman–Crippen LogP) is 3.87. The van der Waals surface area contributed by atoms with Crippen LogP contribution in [0.3, 0.4) is 0 Å². The number of ether oxygens (including phenoxy) is 1. The third-order valence-electron chi connectivity index (χ3n) is 2.49. The maximum atomic E-state index is 13.8. The molecule has 0 saturated carbocycles. The molecule has 0 aliphatic rings. The maximum absolute atomic E-state index is 13.8. The van der Waals surface area contributed by atoms with Gasteiger partial charge in [0.1, 0.15) is 23.0 Å². The van der Waals surface area contributed by atoms with Crippen LogP contribution in [0.15, 0.2) is 21.0 Å². The highest BCUT2D eigenvalue weighted by atomic mass is 79.9. The van der Waals surface area contributed by atoms with E-state index in [1.807, 2.05) is 0 Å². The molecule has 1 aromatic heterocycles. The summed E-state index contributed by atoms with van der Waals surface area (Å²) in [5.41, 5.74) is -0.518. The first-order valence-electron chi connectivity index (χ1n) is 5.73. The van der Waals surface area contributed by atoms with E-state index in [0.29, 0.717) is 0 Å². The smallest absolute Gasteiger partial charge is 0.360 e. The van der Waals surface area contributed by atoms with E-state index in [1.165, 1.54) is 6.92 Å². The van der Waals surface area contributed by atoms with Crippen LogP contribution in [-0.4, -0.2) is 17.6 Å². The Labute approximate surface area is 121 Å². The summed E-state index contributed by atoms with van der Waals surface area (Å²) in [6.07, 6.45) is 0. The third kappa shape index (κ3) is 2.72. The number of aryl methyl sites for hydroxylation is 1. The van der Waals surface area contributed by atoms with Gasteiger partial charge in [0.05, 0.1) is 6.61 Å². The summed E-state index contributed by atoms with van der Waals surface area (Å²) in [5.74, 6) is -2.53. The normalized spacial score (nSPS) is 10.7. The summed E-state index contributed by atoms with van der Waals surface area (Å²) in [6, 6.07) is 2.17. The van der Waals surface area contributed by atoms with E-state index in [4.69, 9.17) is 9.15 Å². The molecule has 0 aliphatic heterocycles. The lowest BCUT2D eigenvalue weighted by molar-refractivity contribution is 0.0518. The molecule has 0 radical (unpaired) electrons. The molecule has 0 N–H and O–H groups in total. The van der Waals surface area contributed by atoms with Gasteiger partial charge in [-0.15, -0.1) is 0 Å². The van der Waals surface area contributed by atoms with Gasteiger partial charge in [-0.25, -0.2) is 18.6 Å². The average Bonchev–Trinajstić information content (AvgIpc) is 2.70. The summed E-state index contributed by atoms with van der Waals surface area (Å²) >= 11 is 2.98. The summed E-state index contributed by atoms with van der Waals surface area (Å²) in [6.45, 7) is 3.28. The Hall–Kier alpha value is -1.76. The van der Waals surface area contributed by atoms with Crippen molar-refractivity contribution in [2.75, 3.05) is 6.61 Å². The van der Waals surface area contributed by atoms with Crippen LogP contribution in [-0.2, 0) is 4.74 Å². The van der Waals surface area contributed by atoms with Crippen molar-refractivity contribution in [1.29, 1.82) is 0 Å². The van der Waals surface area contributed by atoms with Crippen molar-refractivity contribution in [2.45, 2.75) is 13.8 Å². The van der Waals surface area contributed by atoms with Crippen LogP contribution in [0.25, 0.3) is 11.5 Å². The van der Waals surface area contributed by atoms with Crippen LogP contribution in [0.2, 0.25) is 0 Å². The lowest BCUT2D eigenvalue weighted by Crippen LogP contribution is -2.06. The van der Waals surface area contributed by atoms with Gasteiger partial charge in [0.2, 0.25) is 5.89 Å². The largest absolute Gasteiger partial charge is 0.461 e. The predicted molar refractivity (Wildman–Crippen MR) is 70.2 cm³/mol. The number of hydrogen-bond donors (Lipinski definition) is 0. The Morgan fingerprint density at radius 3 is 2.55 bits per heavy atom. The first-order chi connectivity index (χ1) is 9.43. The van der Waals surface area contributed by atoms with Gasteiger partial charge in [0.15, 0.2) is 5.69 Å².